The lowest BCUT2D eigenvalue weighted by Gasteiger charge is -2.34. The van der Waals surface area contributed by atoms with Gasteiger partial charge in [-0.1, -0.05) is 6.07 Å². The fourth-order valence-electron chi connectivity index (χ4n) is 2.63. The number of hydrogen-bond donors (Lipinski definition) is 2. The Balaban J connectivity index is 0.00000312. The van der Waals surface area contributed by atoms with Gasteiger partial charge in [-0.2, -0.15) is 0 Å². The highest BCUT2D eigenvalue weighted by atomic mass is 127. The molecule has 1 fully saturated rings. The number of ether oxygens (including phenoxy) is 1. The second-order valence-electron chi connectivity index (χ2n) is 5.89. The van der Waals surface area contributed by atoms with E-state index in [0.717, 1.165) is 56.6 Å². The van der Waals surface area contributed by atoms with Crippen molar-refractivity contribution >= 4 is 35.8 Å². The predicted octanol–water partition coefficient (Wildman–Crippen LogP) is 1.15. The molecule has 8 heteroatoms. The van der Waals surface area contributed by atoms with Crippen LogP contribution in [-0.2, 0) is 11.3 Å². The van der Waals surface area contributed by atoms with E-state index < -0.39 is 0 Å². The molecule has 0 atom stereocenters. The van der Waals surface area contributed by atoms with E-state index in [4.69, 9.17) is 4.74 Å². The van der Waals surface area contributed by atoms with E-state index in [-0.39, 0.29) is 24.0 Å². The third-order valence-corrected chi connectivity index (χ3v) is 4.02. The van der Waals surface area contributed by atoms with Gasteiger partial charge in [0.15, 0.2) is 5.96 Å². The standard InChI is InChI=1S/C17H30N6O.HI/c1-4-18-17(20-8-13-24-3)21-14-15-6-5-7-19-16(15)23-11-9-22(2)10-12-23;/h5-7H,4,8-14H2,1-3H3,(H2,18,20,21);1H. The van der Waals surface area contributed by atoms with Crippen molar-refractivity contribution in [1.82, 2.24) is 20.5 Å². The molecule has 0 unspecified atom stereocenters. The van der Waals surface area contributed by atoms with Gasteiger partial charge in [0.25, 0.3) is 0 Å². The maximum absolute atomic E-state index is 5.07. The van der Waals surface area contributed by atoms with E-state index in [2.05, 4.69) is 50.4 Å². The van der Waals surface area contributed by atoms with Gasteiger partial charge in [-0.3, -0.25) is 0 Å². The Morgan fingerprint density at radius 1 is 1.28 bits per heavy atom. The Hall–Kier alpha value is -1.13. The fourth-order valence-corrected chi connectivity index (χ4v) is 2.63. The number of aliphatic imine (C=N–C) groups is 1. The normalized spacial score (nSPS) is 15.6. The molecule has 0 aromatic carbocycles. The van der Waals surface area contributed by atoms with Crippen LogP contribution in [0.2, 0.25) is 0 Å². The molecule has 2 rings (SSSR count). The molecule has 1 aromatic rings. The molecule has 25 heavy (non-hydrogen) atoms. The summed E-state index contributed by atoms with van der Waals surface area (Å²) in [5, 5.41) is 6.53. The van der Waals surface area contributed by atoms with Crippen LogP contribution in [0.5, 0.6) is 0 Å². The molecule has 1 aliphatic rings. The fraction of sp³-hybridized carbons (Fsp3) is 0.647. The first-order chi connectivity index (χ1) is 11.7. The summed E-state index contributed by atoms with van der Waals surface area (Å²) in [6.07, 6.45) is 1.86. The molecule has 1 saturated heterocycles. The first-order valence-electron chi connectivity index (χ1n) is 8.63. The summed E-state index contributed by atoms with van der Waals surface area (Å²) in [5.74, 6) is 1.87. The van der Waals surface area contributed by atoms with Crippen LogP contribution in [-0.4, -0.2) is 75.9 Å². The predicted molar refractivity (Wildman–Crippen MR) is 114 cm³/mol. The molecule has 1 aliphatic heterocycles. The number of hydrogen-bond acceptors (Lipinski definition) is 5. The SMILES string of the molecule is CCNC(=NCc1cccnc1N1CCN(C)CC1)NCCOC.I. The third kappa shape index (κ3) is 7.33. The van der Waals surface area contributed by atoms with Crippen LogP contribution in [0.3, 0.4) is 0 Å². The average Bonchev–Trinajstić information content (AvgIpc) is 2.61. The molecule has 0 aliphatic carbocycles. The first-order valence-corrected chi connectivity index (χ1v) is 8.63. The molecule has 0 bridgehead atoms. The maximum atomic E-state index is 5.07. The van der Waals surface area contributed by atoms with E-state index in [0.29, 0.717) is 13.2 Å². The van der Waals surface area contributed by atoms with Crippen molar-refractivity contribution in [3.8, 4) is 0 Å². The number of guanidine groups is 1. The van der Waals surface area contributed by atoms with Gasteiger partial charge in [-0.15, -0.1) is 24.0 Å². The number of nitrogens with zero attached hydrogens (tertiary/aromatic N) is 4. The molecule has 2 N–H and O–H groups in total. The summed E-state index contributed by atoms with van der Waals surface area (Å²) in [5.41, 5.74) is 1.16. The van der Waals surface area contributed by atoms with Crippen LogP contribution in [0, 0.1) is 0 Å². The summed E-state index contributed by atoms with van der Waals surface area (Å²) in [4.78, 5) is 14.0. The number of pyridine rings is 1. The average molecular weight is 462 g/mol. The lowest BCUT2D eigenvalue weighted by molar-refractivity contribution is 0.203. The summed E-state index contributed by atoms with van der Waals surface area (Å²) in [7, 11) is 3.86. The van der Waals surface area contributed by atoms with Crippen LogP contribution in [0.15, 0.2) is 23.3 Å². The number of nitrogens with one attached hydrogen (secondary N) is 2. The van der Waals surface area contributed by atoms with Gasteiger partial charge >= 0.3 is 0 Å². The van der Waals surface area contributed by atoms with Gasteiger partial charge in [0.1, 0.15) is 5.82 Å². The van der Waals surface area contributed by atoms with E-state index in [1.165, 1.54) is 0 Å². The van der Waals surface area contributed by atoms with Crippen molar-refractivity contribution in [2.45, 2.75) is 13.5 Å². The first kappa shape index (κ1) is 21.9. The Morgan fingerprint density at radius 3 is 2.72 bits per heavy atom. The number of aromatic nitrogens is 1. The number of piperazine rings is 1. The smallest absolute Gasteiger partial charge is 0.191 e. The van der Waals surface area contributed by atoms with E-state index in [1.54, 1.807) is 7.11 Å². The quantitative estimate of drug-likeness (QED) is 0.275. The number of methoxy groups -OCH3 is 1. The van der Waals surface area contributed by atoms with Crippen molar-refractivity contribution in [3.63, 3.8) is 0 Å². The molecule has 0 spiro atoms. The van der Waals surface area contributed by atoms with Gasteiger partial charge < -0.3 is 25.2 Å². The third-order valence-electron chi connectivity index (χ3n) is 4.02. The molecule has 7 nitrogen and oxygen atoms in total. The Bertz CT molecular complexity index is 520. The van der Waals surface area contributed by atoms with Crippen LogP contribution >= 0.6 is 24.0 Å². The van der Waals surface area contributed by atoms with Gasteiger partial charge in [0, 0.05) is 58.1 Å². The van der Waals surface area contributed by atoms with Crippen molar-refractivity contribution in [1.29, 1.82) is 0 Å². The van der Waals surface area contributed by atoms with Crippen molar-refractivity contribution < 1.29 is 4.74 Å². The lowest BCUT2D eigenvalue weighted by atomic mass is 10.2. The lowest BCUT2D eigenvalue weighted by Crippen LogP contribution is -2.45. The van der Waals surface area contributed by atoms with E-state index >= 15 is 0 Å². The van der Waals surface area contributed by atoms with Gasteiger partial charge in [0.2, 0.25) is 0 Å². The minimum atomic E-state index is 0. The van der Waals surface area contributed by atoms with Crippen LogP contribution in [0.25, 0.3) is 0 Å². The summed E-state index contributed by atoms with van der Waals surface area (Å²) in [6, 6.07) is 4.10. The van der Waals surface area contributed by atoms with Crippen molar-refractivity contribution in [3.05, 3.63) is 23.9 Å². The largest absolute Gasteiger partial charge is 0.383 e. The highest BCUT2D eigenvalue weighted by Gasteiger charge is 2.17. The Kier molecular flexibility index (Phi) is 10.7. The zero-order chi connectivity index (χ0) is 17.2. The number of anilines is 1. The maximum Gasteiger partial charge on any atom is 0.191 e. The van der Waals surface area contributed by atoms with Crippen molar-refractivity contribution in [2.75, 3.05) is 64.9 Å². The highest BCUT2D eigenvalue weighted by molar-refractivity contribution is 14.0. The molecule has 0 amide bonds. The van der Waals surface area contributed by atoms with E-state index in [1.807, 2.05) is 12.3 Å². The Labute approximate surface area is 168 Å². The minimum absolute atomic E-state index is 0. The molecule has 0 radical (unpaired) electrons. The highest BCUT2D eigenvalue weighted by Crippen LogP contribution is 2.19. The topological polar surface area (TPSA) is 65.0 Å². The minimum Gasteiger partial charge on any atom is -0.383 e. The van der Waals surface area contributed by atoms with Crippen LogP contribution in [0.4, 0.5) is 5.82 Å². The molecule has 1 aromatic heterocycles. The zero-order valence-electron chi connectivity index (χ0n) is 15.5. The molecule has 0 saturated carbocycles. The number of rotatable bonds is 7. The molecular formula is C17H31IN6O. The molecular weight excluding hydrogens is 431 g/mol. The summed E-state index contributed by atoms with van der Waals surface area (Å²) >= 11 is 0. The van der Waals surface area contributed by atoms with Crippen molar-refractivity contribution in [2.24, 2.45) is 4.99 Å². The van der Waals surface area contributed by atoms with Gasteiger partial charge in [-0.25, -0.2) is 9.98 Å². The molecule has 2 heterocycles. The Morgan fingerprint density at radius 2 is 2.04 bits per heavy atom. The second-order valence-corrected chi connectivity index (χ2v) is 5.89. The monoisotopic (exact) mass is 462 g/mol. The van der Waals surface area contributed by atoms with E-state index in [9.17, 15) is 0 Å². The molecule has 142 valence electrons. The number of halogens is 1. The van der Waals surface area contributed by atoms with Crippen LogP contribution in [0.1, 0.15) is 12.5 Å². The van der Waals surface area contributed by atoms with Crippen LogP contribution < -0.4 is 15.5 Å². The zero-order valence-corrected chi connectivity index (χ0v) is 17.8. The second kappa shape index (κ2) is 12.3. The number of likely N-dealkylation sites (N-methyl/N-ethyl adjacent to an activating group) is 1. The summed E-state index contributed by atoms with van der Waals surface area (Å²) < 4.78 is 5.07. The van der Waals surface area contributed by atoms with Gasteiger partial charge in [-0.05, 0) is 20.0 Å². The van der Waals surface area contributed by atoms with Gasteiger partial charge in [0.05, 0.1) is 13.2 Å². The summed E-state index contributed by atoms with van der Waals surface area (Å²) in [6.45, 7) is 9.06.